The van der Waals surface area contributed by atoms with Crippen molar-refractivity contribution in [1.29, 1.82) is 0 Å². The first-order valence-electron chi connectivity index (χ1n) is 6.89. The predicted molar refractivity (Wildman–Crippen MR) is 72.8 cm³/mol. The monoisotopic (exact) mass is 263 g/mol. The highest BCUT2D eigenvalue weighted by Crippen LogP contribution is 2.36. The molecule has 0 radical (unpaired) electrons. The lowest BCUT2D eigenvalue weighted by atomic mass is 9.90. The van der Waals surface area contributed by atoms with Gasteiger partial charge in [-0.1, -0.05) is 6.07 Å². The molecule has 1 N–H and O–H groups in total. The van der Waals surface area contributed by atoms with Crippen LogP contribution in [0.15, 0.2) is 18.2 Å². The van der Waals surface area contributed by atoms with Crippen molar-refractivity contribution >= 4 is 0 Å². The van der Waals surface area contributed by atoms with E-state index in [2.05, 4.69) is 24.4 Å². The molecular formula is C15H21NO3. The highest BCUT2D eigenvalue weighted by molar-refractivity contribution is 5.45. The normalized spacial score (nSPS) is 27.1. The summed E-state index contributed by atoms with van der Waals surface area (Å²) in [6.07, 6.45) is 2.54. The van der Waals surface area contributed by atoms with E-state index in [1.54, 1.807) is 7.11 Å². The molecule has 2 saturated heterocycles. The van der Waals surface area contributed by atoms with E-state index in [4.69, 9.17) is 14.2 Å². The van der Waals surface area contributed by atoms with Gasteiger partial charge in [0.2, 0.25) is 0 Å². The summed E-state index contributed by atoms with van der Waals surface area (Å²) in [5, 5.41) is 3.57. The molecule has 4 heteroatoms. The van der Waals surface area contributed by atoms with Crippen LogP contribution in [0.25, 0.3) is 0 Å². The zero-order chi connectivity index (χ0) is 13.3. The van der Waals surface area contributed by atoms with Gasteiger partial charge in [0.25, 0.3) is 0 Å². The molecule has 2 fully saturated rings. The average molecular weight is 263 g/mol. The number of benzene rings is 1. The first-order chi connectivity index (χ1) is 9.21. The third kappa shape index (κ3) is 2.42. The Kier molecular flexibility index (Phi) is 3.37. The quantitative estimate of drug-likeness (QED) is 0.902. The topological polar surface area (TPSA) is 39.7 Å². The van der Waals surface area contributed by atoms with Crippen LogP contribution in [0.4, 0.5) is 0 Å². The second kappa shape index (κ2) is 5.02. The Balaban J connectivity index is 1.83. The van der Waals surface area contributed by atoms with Crippen LogP contribution in [-0.4, -0.2) is 33.0 Å². The fourth-order valence-electron chi connectivity index (χ4n) is 2.71. The molecule has 2 aliphatic heterocycles. The minimum Gasteiger partial charge on any atom is -0.493 e. The summed E-state index contributed by atoms with van der Waals surface area (Å²) >= 11 is 0. The summed E-state index contributed by atoms with van der Waals surface area (Å²) in [7, 11) is 1.69. The van der Waals surface area contributed by atoms with Gasteiger partial charge in [-0.2, -0.15) is 0 Å². The molecule has 1 aromatic carbocycles. The van der Waals surface area contributed by atoms with Crippen LogP contribution >= 0.6 is 0 Å². The molecule has 1 aromatic rings. The lowest BCUT2D eigenvalue weighted by molar-refractivity contribution is -0.0803. The Morgan fingerprint density at radius 2 is 2.16 bits per heavy atom. The fourth-order valence-corrected chi connectivity index (χ4v) is 2.71. The second-order valence-corrected chi connectivity index (χ2v) is 5.51. The van der Waals surface area contributed by atoms with E-state index in [1.807, 2.05) is 6.07 Å². The van der Waals surface area contributed by atoms with Crippen LogP contribution in [-0.2, 0) is 10.3 Å². The fraction of sp³-hybridized carbons (Fsp3) is 0.600. The summed E-state index contributed by atoms with van der Waals surface area (Å²) < 4.78 is 16.4. The highest BCUT2D eigenvalue weighted by atomic mass is 16.6. The van der Waals surface area contributed by atoms with Crippen LogP contribution in [0.1, 0.15) is 25.3 Å². The highest BCUT2D eigenvalue weighted by Gasteiger charge is 2.31. The van der Waals surface area contributed by atoms with E-state index in [0.717, 1.165) is 24.5 Å². The van der Waals surface area contributed by atoms with Crippen molar-refractivity contribution in [3.05, 3.63) is 23.8 Å². The smallest absolute Gasteiger partial charge is 0.161 e. The van der Waals surface area contributed by atoms with Crippen molar-refractivity contribution in [2.45, 2.75) is 31.4 Å². The van der Waals surface area contributed by atoms with Crippen LogP contribution < -0.4 is 14.8 Å². The van der Waals surface area contributed by atoms with Gasteiger partial charge in [-0.3, -0.25) is 0 Å². The Morgan fingerprint density at radius 3 is 2.74 bits per heavy atom. The number of ether oxygens (including phenoxy) is 3. The number of methoxy groups -OCH3 is 1. The van der Waals surface area contributed by atoms with Gasteiger partial charge < -0.3 is 19.5 Å². The molecule has 1 unspecified atom stereocenters. The molecule has 4 nitrogen and oxygen atoms in total. The van der Waals surface area contributed by atoms with E-state index in [1.165, 1.54) is 12.0 Å². The third-order valence-corrected chi connectivity index (χ3v) is 4.07. The molecule has 2 heterocycles. The van der Waals surface area contributed by atoms with Crippen molar-refractivity contribution in [3.8, 4) is 11.5 Å². The maximum Gasteiger partial charge on any atom is 0.161 e. The zero-order valence-electron chi connectivity index (χ0n) is 11.6. The van der Waals surface area contributed by atoms with Gasteiger partial charge in [0.1, 0.15) is 6.10 Å². The first kappa shape index (κ1) is 12.8. The molecular weight excluding hydrogens is 242 g/mol. The van der Waals surface area contributed by atoms with E-state index < -0.39 is 0 Å². The van der Waals surface area contributed by atoms with Gasteiger partial charge in [-0.05, 0) is 44.0 Å². The van der Waals surface area contributed by atoms with E-state index >= 15 is 0 Å². The molecule has 3 rings (SSSR count). The van der Waals surface area contributed by atoms with Gasteiger partial charge in [0, 0.05) is 5.54 Å². The predicted octanol–water partition coefficient (Wildman–Crippen LogP) is 2.07. The van der Waals surface area contributed by atoms with Crippen LogP contribution in [0.3, 0.4) is 0 Å². The van der Waals surface area contributed by atoms with Gasteiger partial charge in [0.15, 0.2) is 11.5 Å². The molecule has 0 saturated carbocycles. The average Bonchev–Trinajstić information content (AvgIpc) is 2.82. The Hall–Kier alpha value is -1.26. The Bertz CT molecular complexity index is 451. The largest absolute Gasteiger partial charge is 0.493 e. The van der Waals surface area contributed by atoms with E-state index in [0.29, 0.717) is 13.2 Å². The lowest BCUT2D eigenvalue weighted by Crippen LogP contribution is -2.38. The van der Waals surface area contributed by atoms with Crippen molar-refractivity contribution in [3.63, 3.8) is 0 Å². The number of hydrogen-bond acceptors (Lipinski definition) is 4. The minimum atomic E-state index is 0.0609. The molecule has 0 amide bonds. The zero-order valence-corrected chi connectivity index (χ0v) is 11.6. The molecule has 0 bridgehead atoms. The first-order valence-corrected chi connectivity index (χ1v) is 6.89. The summed E-state index contributed by atoms with van der Waals surface area (Å²) in [6, 6.07) is 6.24. The van der Waals surface area contributed by atoms with Crippen molar-refractivity contribution in [1.82, 2.24) is 5.32 Å². The lowest BCUT2D eigenvalue weighted by Gasteiger charge is -2.29. The number of nitrogens with one attached hydrogen (secondary N) is 1. The molecule has 104 valence electrons. The van der Waals surface area contributed by atoms with Gasteiger partial charge >= 0.3 is 0 Å². The van der Waals surface area contributed by atoms with Gasteiger partial charge in [-0.15, -0.1) is 0 Å². The van der Waals surface area contributed by atoms with Crippen molar-refractivity contribution < 1.29 is 14.2 Å². The summed E-state index contributed by atoms with van der Waals surface area (Å²) in [5.74, 6) is 1.61. The standard InChI is InChI=1S/C15H21NO3/c1-15(6-3-7-16-15)11-4-5-13(14(8-11)17-2)19-12-9-18-10-12/h4-5,8,12,16H,3,6-7,9-10H2,1-2H3. The van der Waals surface area contributed by atoms with Crippen molar-refractivity contribution in [2.75, 3.05) is 26.9 Å². The SMILES string of the molecule is COc1cc(C2(C)CCCN2)ccc1OC1COC1. The number of rotatable bonds is 4. The second-order valence-electron chi connectivity index (χ2n) is 5.51. The van der Waals surface area contributed by atoms with Gasteiger partial charge in [0.05, 0.1) is 20.3 Å². The minimum absolute atomic E-state index is 0.0609. The van der Waals surface area contributed by atoms with Crippen LogP contribution in [0.5, 0.6) is 11.5 Å². The van der Waals surface area contributed by atoms with E-state index in [9.17, 15) is 0 Å². The Labute approximate surface area is 114 Å². The molecule has 0 spiro atoms. The van der Waals surface area contributed by atoms with Crippen molar-refractivity contribution in [2.24, 2.45) is 0 Å². The summed E-state index contributed by atoms with van der Waals surface area (Å²) in [5.41, 5.74) is 1.32. The van der Waals surface area contributed by atoms with Crippen LogP contribution in [0.2, 0.25) is 0 Å². The van der Waals surface area contributed by atoms with Gasteiger partial charge in [-0.25, -0.2) is 0 Å². The molecule has 19 heavy (non-hydrogen) atoms. The van der Waals surface area contributed by atoms with E-state index in [-0.39, 0.29) is 11.6 Å². The molecule has 0 aliphatic carbocycles. The summed E-state index contributed by atoms with van der Waals surface area (Å²) in [6.45, 7) is 4.67. The summed E-state index contributed by atoms with van der Waals surface area (Å²) in [4.78, 5) is 0. The number of hydrogen-bond donors (Lipinski definition) is 1. The Morgan fingerprint density at radius 1 is 1.32 bits per heavy atom. The molecule has 2 aliphatic rings. The molecule has 1 atom stereocenters. The third-order valence-electron chi connectivity index (χ3n) is 4.07. The maximum atomic E-state index is 5.85. The van der Waals surface area contributed by atoms with Crippen LogP contribution in [0, 0.1) is 0 Å². The molecule has 0 aromatic heterocycles. The maximum absolute atomic E-state index is 5.85.